The summed E-state index contributed by atoms with van der Waals surface area (Å²) in [7, 11) is -3.22. The Morgan fingerprint density at radius 2 is 1.87 bits per heavy atom. The maximum Gasteiger partial charge on any atom is 0.300 e. The maximum absolute atomic E-state index is 11.7. The van der Waals surface area contributed by atoms with E-state index in [0.29, 0.717) is 6.54 Å². The van der Waals surface area contributed by atoms with Gasteiger partial charge in [0.2, 0.25) is 0 Å². The first-order valence-electron chi connectivity index (χ1n) is 4.69. The summed E-state index contributed by atoms with van der Waals surface area (Å²) >= 11 is 4.17. The van der Waals surface area contributed by atoms with Crippen molar-refractivity contribution in [2.24, 2.45) is 11.0 Å². The van der Waals surface area contributed by atoms with Crippen molar-refractivity contribution in [3.05, 3.63) is 24.3 Å². The Hall–Kier alpha value is -0.480. The third-order valence-corrected chi connectivity index (χ3v) is 3.44. The van der Waals surface area contributed by atoms with E-state index in [4.69, 9.17) is 11.0 Å². The molecule has 0 aliphatic carbocycles. The van der Waals surface area contributed by atoms with Crippen molar-refractivity contribution in [3.63, 3.8) is 0 Å². The van der Waals surface area contributed by atoms with Gasteiger partial charge in [0.15, 0.2) is 0 Å². The van der Waals surface area contributed by atoms with Crippen molar-refractivity contribution in [1.82, 2.24) is 0 Å². The van der Waals surface area contributed by atoms with Gasteiger partial charge in [0, 0.05) is 17.1 Å². The normalized spacial score (nSPS) is 11.5. The second-order valence-electron chi connectivity index (χ2n) is 3.31. The summed E-state index contributed by atoms with van der Waals surface area (Å²) in [5.41, 5.74) is 11.7. The molecule has 1 rings (SSSR count). The summed E-state index contributed by atoms with van der Waals surface area (Å²) in [5.74, 6) is 0. The van der Waals surface area contributed by atoms with E-state index >= 15 is 0 Å². The molecule has 0 saturated carbocycles. The molecule has 15 heavy (non-hydrogen) atoms. The fourth-order valence-corrected chi connectivity index (χ4v) is 2.46. The first kappa shape index (κ1) is 12.6. The lowest BCUT2D eigenvalue weighted by molar-refractivity contribution is 0.572. The fourth-order valence-electron chi connectivity index (χ4n) is 1.30. The van der Waals surface area contributed by atoms with Gasteiger partial charge >= 0.3 is 7.59 Å². The third kappa shape index (κ3) is 3.54. The van der Waals surface area contributed by atoms with E-state index in [-0.39, 0.29) is 0 Å². The van der Waals surface area contributed by atoms with Crippen LogP contribution in [-0.4, -0.2) is 6.54 Å². The predicted octanol–water partition coefficient (Wildman–Crippen LogP) is 2.22. The third-order valence-electron chi connectivity index (χ3n) is 1.96. The molecule has 0 spiro atoms. The lowest BCUT2D eigenvalue weighted by atomic mass is 10.3. The number of anilines is 1. The van der Waals surface area contributed by atoms with Gasteiger partial charge < -0.3 is 0 Å². The SMILES string of the molecule is CCCN(c1ccc(S)cc1)P(N)(N)=O. The van der Waals surface area contributed by atoms with Crippen molar-refractivity contribution in [2.45, 2.75) is 18.2 Å². The second-order valence-corrected chi connectivity index (χ2v) is 5.66. The minimum atomic E-state index is -3.22. The number of thiol groups is 1. The van der Waals surface area contributed by atoms with Crippen LogP contribution in [0.15, 0.2) is 29.2 Å². The number of nitrogens with zero attached hydrogens (tertiary/aromatic N) is 1. The molecule has 0 aromatic heterocycles. The van der Waals surface area contributed by atoms with Gasteiger partial charge in [-0.15, -0.1) is 12.6 Å². The van der Waals surface area contributed by atoms with Crippen LogP contribution >= 0.6 is 20.2 Å². The summed E-state index contributed by atoms with van der Waals surface area (Å²) in [6.45, 7) is 2.56. The first-order chi connectivity index (χ1) is 6.95. The van der Waals surface area contributed by atoms with Crippen LogP contribution in [0, 0.1) is 0 Å². The molecule has 4 N–H and O–H groups in total. The van der Waals surface area contributed by atoms with E-state index in [0.717, 1.165) is 17.0 Å². The Labute approximate surface area is 95.6 Å². The Balaban J connectivity index is 2.99. The Bertz CT molecular complexity index is 362. The molecule has 0 aliphatic rings. The Kier molecular flexibility index (Phi) is 4.22. The molecule has 0 aliphatic heterocycles. The molecule has 0 heterocycles. The van der Waals surface area contributed by atoms with E-state index < -0.39 is 7.59 Å². The molecular weight excluding hydrogens is 229 g/mol. The molecular formula is C9H16N3OPS. The number of nitrogens with two attached hydrogens (primary N) is 2. The molecule has 1 aromatic rings. The summed E-state index contributed by atoms with van der Waals surface area (Å²) in [4.78, 5) is 0.846. The molecule has 84 valence electrons. The summed E-state index contributed by atoms with van der Waals surface area (Å²) in [6.07, 6.45) is 0.834. The molecule has 0 radical (unpaired) electrons. The monoisotopic (exact) mass is 245 g/mol. The van der Waals surface area contributed by atoms with Gasteiger partial charge in [-0.1, -0.05) is 6.92 Å². The van der Waals surface area contributed by atoms with Crippen LogP contribution in [0.2, 0.25) is 0 Å². The average molecular weight is 245 g/mol. The zero-order valence-corrected chi connectivity index (χ0v) is 10.4. The number of hydrogen-bond donors (Lipinski definition) is 3. The molecule has 0 unspecified atom stereocenters. The maximum atomic E-state index is 11.7. The van der Waals surface area contributed by atoms with Crippen molar-refractivity contribution < 1.29 is 4.57 Å². The Morgan fingerprint density at radius 3 is 2.27 bits per heavy atom. The molecule has 1 aromatic carbocycles. The minimum Gasteiger partial charge on any atom is -0.300 e. The highest BCUT2D eigenvalue weighted by atomic mass is 32.1. The topological polar surface area (TPSA) is 72.3 Å². The molecule has 0 fully saturated rings. The molecule has 6 heteroatoms. The van der Waals surface area contributed by atoms with Gasteiger partial charge in [0.25, 0.3) is 0 Å². The fraction of sp³-hybridized carbons (Fsp3) is 0.333. The zero-order chi connectivity index (χ0) is 11.5. The van der Waals surface area contributed by atoms with E-state index in [2.05, 4.69) is 12.6 Å². The van der Waals surface area contributed by atoms with Gasteiger partial charge in [-0.05, 0) is 30.7 Å². The summed E-state index contributed by atoms with van der Waals surface area (Å²) in [6, 6.07) is 7.25. The minimum absolute atomic E-state index is 0.580. The van der Waals surface area contributed by atoms with Crippen LogP contribution in [0.25, 0.3) is 0 Å². The van der Waals surface area contributed by atoms with Crippen LogP contribution in [0.3, 0.4) is 0 Å². The van der Waals surface area contributed by atoms with E-state index in [1.54, 1.807) is 4.67 Å². The molecule has 0 atom stereocenters. The molecule has 0 saturated heterocycles. The summed E-state index contributed by atoms with van der Waals surface area (Å²) < 4.78 is 13.2. The number of benzene rings is 1. The van der Waals surface area contributed by atoms with Gasteiger partial charge in [-0.25, -0.2) is 0 Å². The number of rotatable bonds is 4. The van der Waals surface area contributed by atoms with Crippen LogP contribution in [-0.2, 0) is 4.57 Å². The molecule has 4 nitrogen and oxygen atoms in total. The van der Waals surface area contributed by atoms with Gasteiger partial charge in [-0.2, -0.15) is 0 Å². The van der Waals surface area contributed by atoms with Crippen LogP contribution in [0.1, 0.15) is 13.3 Å². The van der Waals surface area contributed by atoms with E-state index in [9.17, 15) is 4.57 Å². The van der Waals surface area contributed by atoms with E-state index in [1.165, 1.54) is 0 Å². The molecule has 0 bridgehead atoms. The van der Waals surface area contributed by atoms with Crippen molar-refractivity contribution in [3.8, 4) is 0 Å². The second kappa shape index (κ2) is 5.03. The van der Waals surface area contributed by atoms with Crippen LogP contribution < -0.4 is 15.7 Å². The van der Waals surface area contributed by atoms with Gasteiger partial charge in [0.1, 0.15) is 0 Å². The smallest absolute Gasteiger partial charge is 0.300 e. The van der Waals surface area contributed by atoms with Gasteiger partial charge in [-0.3, -0.25) is 20.2 Å². The van der Waals surface area contributed by atoms with Gasteiger partial charge in [0.05, 0.1) is 0 Å². The standard InChI is InChI=1S/C9H16N3OPS/c1-2-7-12(14(10,11)13)8-3-5-9(15)6-4-8/h3-6,15H,2,7H2,1H3,(H4,10,11,13). The summed E-state index contributed by atoms with van der Waals surface area (Å²) in [5, 5.41) is 0. The quantitative estimate of drug-likeness (QED) is 0.562. The van der Waals surface area contributed by atoms with Crippen molar-refractivity contribution in [2.75, 3.05) is 11.2 Å². The molecule has 0 amide bonds. The van der Waals surface area contributed by atoms with E-state index in [1.807, 2.05) is 31.2 Å². The highest BCUT2D eigenvalue weighted by Crippen LogP contribution is 2.37. The zero-order valence-electron chi connectivity index (χ0n) is 8.63. The average Bonchev–Trinajstić information content (AvgIpc) is 2.14. The van der Waals surface area contributed by atoms with Crippen LogP contribution in [0.4, 0.5) is 5.69 Å². The predicted molar refractivity (Wildman–Crippen MR) is 67.3 cm³/mol. The largest absolute Gasteiger partial charge is 0.300 e. The van der Waals surface area contributed by atoms with Crippen molar-refractivity contribution >= 4 is 25.9 Å². The Morgan fingerprint density at radius 1 is 1.33 bits per heavy atom. The highest BCUT2D eigenvalue weighted by Gasteiger charge is 2.20. The number of hydrogen-bond acceptors (Lipinski definition) is 2. The first-order valence-corrected chi connectivity index (χ1v) is 6.94. The highest BCUT2D eigenvalue weighted by molar-refractivity contribution is 7.80. The van der Waals surface area contributed by atoms with Crippen molar-refractivity contribution in [1.29, 1.82) is 0 Å². The lowest BCUT2D eigenvalue weighted by Gasteiger charge is -2.27. The lowest BCUT2D eigenvalue weighted by Crippen LogP contribution is -2.29. The van der Waals surface area contributed by atoms with Crippen LogP contribution in [0.5, 0.6) is 0 Å².